The average molecular weight is 246 g/mol. The van der Waals surface area contributed by atoms with Crippen LogP contribution in [-0.4, -0.2) is 18.3 Å². The van der Waals surface area contributed by atoms with E-state index in [1.807, 2.05) is 12.1 Å². The maximum atomic E-state index is 11.4. The van der Waals surface area contributed by atoms with Crippen LogP contribution in [0.1, 0.15) is 31.4 Å². The Morgan fingerprint density at radius 3 is 3.06 bits per heavy atom. The van der Waals surface area contributed by atoms with Crippen LogP contribution in [0.5, 0.6) is 0 Å². The van der Waals surface area contributed by atoms with E-state index in [1.165, 1.54) is 17.5 Å². The van der Waals surface area contributed by atoms with Gasteiger partial charge in [-0.1, -0.05) is 12.1 Å². The van der Waals surface area contributed by atoms with Gasteiger partial charge in [-0.3, -0.25) is 5.43 Å². The van der Waals surface area contributed by atoms with E-state index in [0.717, 1.165) is 18.5 Å². The van der Waals surface area contributed by atoms with Crippen LogP contribution in [0.15, 0.2) is 23.3 Å². The first-order valence-electron chi connectivity index (χ1n) is 6.30. The quantitative estimate of drug-likeness (QED) is 0.504. The SMILES string of the molecule is CCOC(=O)C(C)=NNc1cccc2c1CCC2. The zero-order valence-electron chi connectivity index (χ0n) is 10.8. The minimum Gasteiger partial charge on any atom is -0.461 e. The Hall–Kier alpha value is -1.84. The van der Waals surface area contributed by atoms with E-state index in [4.69, 9.17) is 4.74 Å². The molecule has 0 unspecified atom stereocenters. The summed E-state index contributed by atoms with van der Waals surface area (Å²) in [4.78, 5) is 11.4. The topological polar surface area (TPSA) is 50.7 Å². The molecule has 18 heavy (non-hydrogen) atoms. The highest BCUT2D eigenvalue weighted by Crippen LogP contribution is 2.28. The number of nitrogens with zero attached hydrogens (tertiary/aromatic N) is 1. The molecule has 1 aliphatic rings. The van der Waals surface area contributed by atoms with Crippen molar-refractivity contribution in [1.29, 1.82) is 0 Å². The van der Waals surface area contributed by atoms with Gasteiger partial charge in [0.25, 0.3) is 0 Å². The smallest absolute Gasteiger partial charge is 0.354 e. The maximum absolute atomic E-state index is 11.4. The van der Waals surface area contributed by atoms with Gasteiger partial charge in [-0.2, -0.15) is 5.10 Å². The summed E-state index contributed by atoms with van der Waals surface area (Å²) in [7, 11) is 0. The van der Waals surface area contributed by atoms with Crippen molar-refractivity contribution in [2.45, 2.75) is 33.1 Å². The van der Waals surface area contributed by atoms with Gasteiger partial charge in [0.05, 0.1) is 12.3 Å². The maximum Gasteiger partial charge on any atom is 0.354 e. The van der Waals surface area contributed by atoms with Crippen molar-refractivity contribution in [2.24, 2.45) is 5.10 Å². The van der Waals surface area contributed by atoms with Crippen LogP contribution in [0, 0.1) is 0 Å². The number of carbonyl (C=O) groups excluding carboxylic acids is 1. The van der Waals surface area contributed by atoms with Crippen LogP contribution in [0.3, 0.4) is 0 Å². The average Bonchev–Trinajstić information content (AvgIpc) is 2.84. The summed E-state index contributed by atoms with van der Waals surface area (Å²) in [6.45, 7) is 3.79. The van der Waals surface area contributed by atoms with E-state index in [-0.39, 0.29) is 5.97 Å². The van der Waals surface area contributed by atoms with Gasteiger partial charge in [0, 0.05) is 0 Å². The molecule has 4 nitrogen and oxygen atoms in total. The number of aryl methyl sites for hydroxylation is 1. The van der Waals surface area contributed by atoms with Gasteiger partial charge in [-0.25, -0.2) is 4.79 Å². The van der Waals surface area contributed by atoms with Crippen LogP contribution >= 0.6 is 0 Å². The minimum atomic E-state index is -0.377. The molecule has 0 atom stereocenters. The number of hydrazone groups is 1. The monoisotopic (exact) mass is 246 g/mol. The lowest BCUT2D eigenvalue weighted by Gasteiger charge is -2.08. The first-order valence-corrected chi connectivity index (χ1v) is 6.30. The van der Waals surface area contributed by atoms with Gasteiger partial charge in [-0.05, 0) is 50.3 Å². The normalized spacial score (nSPS) is 14.2. The first-order chi connectivity index (χ1) is 8.72. The van der Waals surface area contributed by atoms with E-state index in [2.05, 4.69) is 16.6 Å². The van der Waals surface area contributed by atoms with E-state index >= 15 is 0 Å². The zero-order chi connectivity index (χ0) is 13.0. The van der Waals surface area contributed by atoms with E-state index in [1.54, 1.807) is 13.8 Å². The summed E-state index contributed by atoms with van der Waals surface area (Å²) in [6, 6.07) is 6.16. The standard InChI is InChI=1S/C14H18N2O2/c1-3-18-14(17)10(2)15-16-13-9-5-7-11-6-4-8-12(11)13/h5,7,9,16H,3-4,6,8H2,1-2H3. The fourth-order valence-electron chi connectivity index (χ4n) is 2.15. The lowest BCUT2D eigenvalue weighted by Crippen LogP contribution is -2.15. The molecule has 96 valence electrons. The third-order valence-electron chi connectivity index (χ3n) is 3.06. The molecule has 0 fully saturated rings. The molecule has 1 aliphatic carbocycles. The number of benzene rings is 1. The fourth-order valence-corrected chi connectivity index (χ4v) is 2.15. The molecular formula is C14H18N2O2. The van der Waals surface area contributed by atoms with E-state index in [0.29, 0.717) is 12.3 Å². The van der Waals surface area contributed by atoms with E-state index < -0.39 is 0 Å². The zero-order valence-corrected chi connectivity index (χ0v) is 10.8. The predicted octanol–water partition coefficient (Wildman–Crippen LogP) is 2.53. The molecule has 0 aliphatic heterocycles. The van der Waals surface area contributed by atoms with Crippen LogP contribution < -0.4 is 5.43 Å². The molecule has 2 rings (SSSR count). The molecule has 0 radical (unpaired) electrons. The molecule has 0 spiro atoms. The molecule has 1 aromatic rings. The van der Waals surface area contributed by atoms with Crippen LogP contribution in [-0.2, 0) is 22.4 Å². The van der Waals surface area contributed by atoms with Gasteiger partial charge in [0.1, 0.15) is 5.71 Å². The summed E-state index contributed by atoms with van der Waals surface area (Å²) >= 11 is 0. The molecule has 1 N–H and O–H groups in total. The van der Waals surface area contributed by atoms with Gasteiger partial charge >= 0.3 is 5.97 Å². The highest BCUT2D eigenvalue weighted by molar-refractivity contribution is 6.35. The van der Waals surface area contributed by atoms with Crippen molar-refractivity contribution in [3.8, 4) is 0 Å². The Morgan fingerprint density at radius 2 is 2.28 bits per heavy atom. The second-order valence-corrected chi connectivity index (χ2v) is 4.33. The van der Waals surface area contributed by atoms with Gasteiger partial charge in [0.15, 0.2) is 0 Å². The third-order valence-corrected chi connectivity index (χ3v) is 3.06. The Bertz CT molecular complexity index is 481. The second-order valence-electron chi connectivity index (χ2n) is 4.33. The Labute approximate surface area is 107 Å². The summed E-state index contributed by atoms with van der Waals surface area (Å²) in [5, 5.41) is 4.08. The van der Waals surface area contributed by atoms with Crippen molar-refractivity contribution in [3.05, 3.63) is 29.3 Å². The fraction of sp³-hybridized carbons (Fsp3) is 0.429. The molecule has 0 heterocycles. The Kier molecular flexibility index (Phi) is 3.97. The molecule has 0 saturated heterocycles. The number of anilines is 1. The largest absolute Gasteiger partial charge is 0.461 e. The molecule has 0 amide bonds. The number of fused-ring (bicyclic) bond motifs is 1. The number of ether oxygens (including phenoxy) is 1. The highest BCUT2D eigenvalue weighted by Gasteiger charge is 2.14. The highest BCUT2D eigenvalue weighted by atomic mass is 16.5. The molecule has 0 aromatic heterocycles. The van der Waals surface area contributed by atoms with Crippen molar-refractivity contribution < 1.29 is 9.53 Å². The summed E-state index contributed by atoms with van der Waals surface area (Å²) < 4.78 is 4.88. The van der Waals surface area contributed by atoms with Crippen molar-refractivity contribution >= 4 is 17.4 Å². The summed E-state index contributed by atoms with van der Waals surface area (Å²) in [5.74, 6) is -0.377. The van der Waals surface area contributed by atoms with Crippen molar-refractivity contribution in [3.63, 3.8) is 0 Å². The molecule has 0 bridgehead atoms. The molecule has 4 heteroatoms. The van der Waals surface area contributed by atoms with E-state index in [9.17, 15) is 4.79 Å². The molecule has 0 saturated carbocycles. The number of rotatable bonds is 4. The Balaban J connectivity index is 2.09. The number of hydrogen-bond acceptors (Lipinski definition) is 4. The van der Waals surface area contributed by atoms with Crippen molar-refractivity contribution in [1.82, 2.24) is 0 Å². The summed E-state index contributed by atoms with van der Waals surface area (Å²) in [5.41, 5.74) is 7.00. The lowest BCUT2D eigenvalue weighted by molar-refractivity contribution is -0.135. The predicted molar refractivity (Wildman–Crippen MR) is 71.8 cm³/mol. The minimum absolute atomic E-state index is 0.340. The number of hydrogen-bond donors (Lipinski definition) is 1. The van der Waals surface area contributed by atoms with Crippen LogP contribution in [0.25, 0.3) is 0 Å². The number of esters is 1. The molecule has 1 aromatic carbocycles. The van der Waals surface area contributed by atoms with Gasteiger partial charge < -0.3 is 4.74 Å². The lowest BCUT2D eigenvalue weighted by atomic mass is 10.1. The summed E-state index contributed by atoms with van der Waals surface area (Å²) in [6.07, 6.45) is 3.40. The van der Waals surface area contributed by atoms with Crippen LogP contribution in [0.2, 0.25) is 0 Å². The Morgan fingerprint density at radius 1 is 1.44 bits per heavy atom. The number of carbonyl (C=O) groups is 1. The third kappa shape index (κ3) is 2.70. The number of nitrogens with one attached hydrogen (secondary N) is 1. The van der Waals surface area contributed by atoms with Gasteiger partial charge in [-0.15, -0.1) is 0 Å². The first kappa shape index (κ1) is 12.6. The molecular weight excluding hydrogens is 228 g/mol. The van der Waals surface area contributed by atoms with Crippen molar-refractivity contribution in [2.75, 3.05) is 12.0 Å². The van der Waals surface area contributed by atoms with Crippen LogP contribution in [0.4, 0.5) is 5.69 Å². The van der Waals surface area contributed by atoms with Gasteiger partial charge in [0.2, 0.25) is 0 Å². The second kappa shape index (κ2) is 5.67.